The van der Waals surface area contributed by atoms with Gasteiger partial charge in [-0.15, -0.1) is 0 Å². The van der Waals surface area contributed by atoms with Gasteiger partial charge in [0.25, 0.3) is 5.89 Å². The highest BCUT2D eigenvalue weighted by Gasteiger charge is 2.13. The van der Waals surface area contributed by atoms with Crippen molar-refractivity contribution in [3.05, 3.63) is 46.1 Å². The molecule has 1 N–H and O–H groups in total. The van der Waals surface area contributed by atoms with Crippen molar-refractivity contribution in [2.45, 2.75) is 6.92 Å². The van der Waals surface area contributed by atoms with E-state index in [4.69, 9.17) is 27.6 Å². The predicted octanol–water partition coefficient (Wildman–Crippen LogP) is 3.54. The van der Waals surface area contributed by atoms with E-state index in [-0.39, 0.29) is 5.89 Å². The summed E-state index contributed by atoms with van der Waals surface area (Å²) >= 11 is 11.7. The van der Waals surface area contributed by atoms with Crippen LogP contribution in [0.1, 0.15) is 16.4 Å². The van der Waals surface area contributed by atoms with Gasteiger partial charge in [0.2, 0.25) is 0 Å². The number of benzene rings is 1. The molecule has 0 unspecified atom stereocenters. The number of rotatable bonds is 2. The molecule has 2 aromatic rings. The third kappa shape index (κ3) is 2.78. The zero-order valence-electron chi connectivity index (χ0n) is 8.83. The molecular weight excluding hydrogens is 263 g/mol. The van der Waals surface area contributed by atoms with E-state index in [1.54, 1.807) is 25.1 Å². The van der Waals surface area contributed by atoms with Crippen LogP contribution in [0.2, 0.25) is 10.0 Å². The molecule has 17 heavy (non-hydrogen) atoms. The van der Waals surface area contributed by atoms with Crippen LogP contribution in [0.15, 0.2) is 28.8 Å². The van der Waals surface area contributed by atoms with Crippen molar-refractivity contribution < 1.29 is 9.21 Å². The van der Waals surface area contributed by atoms with Crippen LogP contribution in [0.4, 0.5) is 5.69 Å². The van der Waals surface area contributed by atoms with Gasteiger partial charge in [0.1, 0.15) is 5.76 Å². The van der Waals surface area contributed by atoms with Crippen LogP contribution in [0, 0.1) is 6.92 Å². The van der Waals surface area contributed by atoms with Gasteiger partial charge in [-0.1, -0.05) is 23.2 Å². The van der Waals surface area contributed by atoms with Crippen molar-refractivity contribution in [3.8, 4) is 0 Å². The van der Waals surface area contributed by atoms with Crippen molar-refractivity contribution in [3.63, 3.8) is 0 Å². The number of oxazole rings is 1. The molecule has 0 saturated heterocycles. The second-order valence-corrected chi connectivity index (χ2v) is 4.20. The number of nitrogens with zero attached hydrogens (tertiary/aromatic N) is 1. The van der Waals surface area contributed by atoms with Crippen molar-refractivity contribution >= 4 is 34.8 Å². The number of carbonyl (C=O) groups excluding carboxylic acids is 1. The monoisotopic (exact) mass is 270 g/mol. The van der Waals surface area contributed by atoms with Gasteiger partial charge in [0.15, 0.2) is 0 Å². The van der Waals surface area contributed by atoms with Gasteiger partial charge in [-0.2, -0.15) is 0 Å². The second-order valence-electron chi connectivity index (χ2n) is 3.35. The lowest BCUT2D eigenvalue weighted by Crippen LogP contribution is -2.12. The molecule has 0 aliphatic rings. The first-order valence-electron chi connectivity index (χ1n) is 4.75. The molecule has 2 rings (SSSR count). The average Bonchev–Trinajstić information content (AvgIpc) is 2.69. The third-order valence-electron chi connectivity index (χ3n) is 1.99. The molecule has 0 aliphatic heterocycles. The van der Waals surface area contributed by atoms with E-state index in [2.05, 4.69) is 10.3 Å². The number of aryl methyl sites for hydroxylation is 1. The summed E-state index contributed by atoms with van der Waals surface area (Å²) in [5, 5.41) is 3.44. The fraction of sp³-hybridized carbons (Fsp3) is 0.0909. The number of aromatic nitrogens is 1. The minimum absolute atomic E-state index is 0.00600. The Morgan fingerprint density at radius 1 is 1.41 bits per heavy atom. The number of halogens is 2. The largest absolute Gasteiger partial charge is 0.438 e. The van der Waals surface area contributed by atoms with E-state index in [9.17, 15) is 4.79 Å². The summed E-state index contributed by atoms with van der Waals surface area (Å²) in [6.45, 7) is 1.71. The maximum Gasteiger partial charge on any atom is 0.311 e. The summed E-state index contributed by atoms with van der Waals surface area (Å²) < 4.78 is 5.09. The van der Waals surface area contributed by atoms with Crippen LogP contribution in [-0.4, -0.2) is 10.9 Å². The van der Waals surface area contributed by atoms with Gasteiger partial charge in [-0.3, -0.25) is 4.79 Å². The molecule has 1 heterocycles. The first-order chi connectivity index (χ1) is 8.06. The molecular formula is C11H8Cl2N2O2. The summed E-state index contributed by atoms with van der Waals surface area (Å²) in [6.07, 6.45) is 1.47. The molecule has 1 aromatic heterocycles. The lowest BCUT2D eigenvalue weighted by Gasteiger charge is -2.04. The quantitative estimate of drug-likeness (QED) is 0.908. The summed E-state index contributed by atoms with van der Waals surface area (Å²) in [5.41, 5.74) is 0.455. The lowest BCUT2D eigenvalue weighted by molar-refractivity contribution is 0.0989. The van der Waals surface area contributed by atoms with Crippen LogP contribution in [-0.2, 0) is 0 Å². The second kappa shape index (κ2) is 4.77. The van der Waals surface area contributed by atoms with Gasteiger partial charge in [0.05, 0.1) is 16.9 Å². The molecule has 88 valence electrons. The molecule has 4 nitrogen and oxygen atoms in total. The highest BCUT2D eigenvalue weighted by molar-refractivity contribution is 6.36. The van der Waals surface area contributed by atoms with Crippen LogP contribution in [0.25, 0.3) is 0 Å². The fourth-order valence-electron chi connectivity index (χ4n) is 1.23. The Morgan fingerprint density at radius 2 is 2.18 bits per heavy atom. The van der Waals surface area contributed by atoms with Crippen LogP contribution in [0.5, 0.6) is 0 Å². The lowest BCUT2D eigenvalue weighted by atomic mass is 10.3. The number of hydrogen-bond donors (Lipinski definition) is 1. The summed E-state index contributed by atoms with van der Waals surface area (Å²) in [6, 6.07) is 4.78. The first-order valence-corrected chi connectivity index (χ1v) is 5.50. The summed E-state index contributed by atoms with van der Waals surface area (Å²) in [5.74, 6) is 0.105. The fourth-order valence-corrected chi connectivity index (χ4v) is 1.68. The Hall–Kier alpha value is -1.52. The van der Waals surface area contributed by atoms with E-state index in [0.717, 1.165) is 0 Å². The zero-order valence-corrected chi connectivity index (χ0v) is 10.3. The Bertz CT molecular complexity index is 566. The number of hydrogen-bond acceptors (Lipinski definition) is 3. The smallest absolute Gasteiger partial charge is 0.311 e. The van der Waals surface area contributed by atoms with E-state index >= 15 is 0 Å². The minimum atomic E-state index is -0.456. The SMILES string of the molecule is Cc1cnc(C(=O)Nc2ccc(Cl)cc2Cl)o1. The first kappa shape index (κ1) is 12.0. The molecule has 0 atom stereocenters. The Kier molecular flexibility index (Phi) is 3.36. The standard InChI is InChI=1S/C11H8Cl2N2O2/c1-6-5-14-11(17-6)10(16)15-9-3-2-7(12)4-8(9)13/h2-5H,1H3,(H,15,16). The van der Waals surface area contributed by atoms with Gasteiger partial charge in [-0.25, -0.2) is 4.98 Å². The topological polar surface area (TPSA) is 55.1 Å². The maximum atomic E-state index is 11.7. The summed E-state index contributed by atoms with van der Waals surface area (Å²) in [7, 11) is 0. The molecule has 0 radical (unpaired) electrons. The highest BCUT2D eigenvalue weighted by atomic mass is 35.5. The molecule has 0 saturated carbocycles. The molecule has 1 aromatic carbocycles. The van der Waals surface area contributed by atoms with Gasteiger partial charge >= 0.3 is 5.91 Å². The van der Waals surface area contributed by atoms with Gasteiger partial charge in [0, 0.05) is 5.02 Å². The number of nitrogens with one attached hydrogen (secondary N) is 1. The Balaban J connectivity index is 2.18. The minimum Gasteiger partial charge on any atom is -0.438 e. The van der Waals surface area contributed by atoms with Crippen LogP contribution in [0.3, 0.4) is 0 Å². The number of amides is 1. The van der Waals surface area contributed by atoms with Crippen molar-refractivity contribution in [2.24, 2.45) is 0 Å². The number of anilines is 1. The molecule has 0 spiro atoms. The third-order valence-corrected chi connectivity index (χ3v) is 2.54. The van der Waals surface area contributed by atoms with Crippen molar-refractivity contribution in [1.29, 1.82) is 0 Å². The van der Waals surface area contributed by atoms with E-state index in [1.807, 2.05) is 0 Å². The van der Waals surface area contributed by atoms with Crippen LogP contribution >= 0.6 is 23.2 Å². The van der Waals surface area contributed by atoms with Gasteiger partial charge in [-0.05, 0) is 25.1 Å². The zero-order chi connectivity index (χ0) is 12.4. The number of carbonyl (C=O) groups is 1. The molecule has 6 heteroatoms. The summed E-state index contributed by atoms with van der Waals surface area (Å²) in [4.78, 5) is 15.5. The van der Waals surface area contributed by atoms with E-state index in [1.165, 1.54) is 6.20 Å². The van der Waals surface area contributed by atoms with Crippen LogP contribution < -0.4 is 5.32 Å². The molecule has 0 bridgehead atoms. The molecule has 0 aliphatic carbocycles. The normalized spacial score (nSPS) is 10.3. The predicted molar refractivity (Wildman–Crippen MR) is 65.7 cm³/mol. The van der Waals surface area contributed by atoms with Crippen molar-refractivity contribution in [2.75, 3.05) is 5.32 Å². The van der Waals surface area contributed by atoms with E-state index < -0.39 is 5.91 Å². The maximum absolute atomic E-state index is 11.7. The highest BCUT2D eigenvalue weighted by Crippen LogP contribution is 2.25. The molecule has 0 fully saturated rings. The van der Waals surface area contributed by atoms with Gasteiger partial charge < -0.3 is 9.73 Å². The van der Waals surface area contributed by atoms with Crippen molar-refractivity contribution in [1.82, 2.24) is 4.98 Å². The Labute approximate surface area is 108 Å². The average molecular weight is 271 g/mol. The molecule has 1 amide bonds. The van der Waals surface area contributed by atoms with E-state index in [0.29, 0.717) is 21.5 Å². The Morgan fingerprint density at radius 3 is 2.76 bits per heavy atom.